The maximum atomic E-state index is 12.8. The van der Waals surface area contributed by atoms with Crippen LogP contribution in [-0.2, 0) is 19.1 Å². The third kappa shape index (κ3) is 7.62. The molecule has 0 bridgehead atoms. The molecule has 0 atom stereocenters. The first kappa shape index (κ1) is 21.7. The monoisotopic (exact) mass is 352 g/mol. The minimum atomic E-state index is -0.342. The molecule has 1 saturated carbocycles. The molecule has 1 rings (SSSR count). The molecule has 4 heteroatoms. The Morgan fingerprint density at radius 2 is 1.28 bits per heavy atom. The number of esters is 2. The second-order valence-electron chi connectivity index (χ2n) is 8.46. The van der Waals surface area contributed by atoms with Crippen LogP contribution < -0.4 is 0 Å². The van der Waals surface area contributed by atoms with Gasteiger partial charge in [-0.3, -0.25) is 0 Å². The normalized spacial score (nSPS) is 16.5. The van der Waals surface area contributed by atoms with Gasteiger partial charge in [0.25, 0.3) is 0 Å². The molecule has 1 aliphatic carbocycles. The second-order valence-corrected chi connectivity index (χ2v) is 8.46. The summed E-state index contributed by atoms with van der Waals surface area (Å²) in [7, 11) is 0. The van der Waals surface area contributed by atoms with Crippen molar-refractivity contribution in [1.29, 1.82) is 0 Å². The zero-order valence-corrected chi connectivity index (χ0v) is 16.9. The van der Waals surface area contributed by atoms with E-state index < -0.39 is 0 Å². The summed E-state index contributed by atoms with van der Waals surface area (Å²) >= 11 is 0. The summed E-state index contributed by atoms with van der Waals surface area (Å²) in [5.41, 5.74) is 1.12. The fourth-order valence-corrected chi connectivity index (χ4v) is 3.11. The highest BCUT2D eigenvalue weighted by atomic mass is 16.5. The number of hydrogen-bond acceptors (Lipinski definition) is 4. The van der Waals surface area contributed by atoms with Gasteiger partial charge in [-0.05, 0) is 42.9 Å². The Kier molecular flexibility index (Phi) is 9.23. The third-order valence-electron chi connectivity index (χ3n) is 4.26. The molecule has 0 saturated heterocycles. The van der Waals surface area contributed by atoms with Crippen molar-refractivity contribution in [2.75, 3.05) is 13.2 Å². The lowest BCUT2D eigenvalue weighted by Gasteiger charge is -2.21. The van der Waals surface area contributed by atoms with Crippen LogP contribution >= 0.6 is 0 Å². The van der Waals surface area contributed by atoms with Crippen LogP contribution in [0.3, 0.4) is 0 Å². The van der Waals surface area contributed by atoms with Crippen LogP contribution in [0.25, 0.3) is 0 Å². The van der Waals surface area contributed by atoms with E-state index in [1.165, 1.54) is 0 Å². The lowest BCUT2D eigenvalue weighted by molar-refractivity contribution is -0.144. The van der Waals surface area contributed by atoms with Gasteiger partial charge in [-0.15, -0.1) is 0 Å². The van der Waals surface area contributed by atoms with E-state index in [-0.39, 0.29) is 35.6 Å². The maximum Gasteiger partial charge on any atom is 0.334 e. The van der Waals surface area contributed by atoms with Crippen molar-refractivity contribution in [3.8, 4) is 0 Å². The maximum absolute atomic E-state index is 12.8. The molecule has 1 fully saturated rings. The van der Waals surface area contributed by atoms with Crippen molar-refractivity contribution in [2.45, 2.75) is 73.6 Å². The van der Waals surface area contributed by atoms with Crippen molar-refractivity contribution < 1.29 is 19.1 Å². The quantitative estimate of drug-likeness (QED) is 0.437. The number of ether oxygens (including phenoxy) is 2. The molecule has 0 N–H and O–H groups in total. The van der Waals surface area contributed by atoms with Gasteiger partial charge in [-0.25, -0.2) is 9.59 Å². The predicted molar refractivity (Wildman–Crippen MR) is 100 cm³/mol. The molecule has 0 unspecified atom stereocenters. The minimum Gasteiger partial charge on any atom is -0.462 e. The summed E-state index contributed by atoms with van der Waals surface area (Å²) in [4.78, 5) is 25.5. The van der Waals surface area contributed by atoms with Crippen molar-refractivity contribution >= 4 is 11.9 Å². The van der Waals surface area contributed by atoms with Crippen molar-refractivity contribution in [3.05, 3.63) is 11.1 Å². The van der Waals surface area contributed by atoms with E-state index in [9.17, 15) is 9.59 Å². The Balaban J connectivity index is 3.15. The number of hydrogen-bond donors (Lipinski definition) is 0. The van der Waals surface area contributed by atoms with Gasteiger partial charge < -0.3 is 9.47 Å². The standard InChI is InChI=1S/C21H36O4/c1-14(2)11-18(20(22)24-12-15(3)4)19(17-9-7-8-10-17)21(23)25-13-16(5)6/h14-17H,7-13H2,1-6H3/b19-18-. The van der Waals surface area contributed by atoms with Crippen molar-refractivity contribution in [1.82, 2.24) is 0 Å². The zero-order chi connectivity index (χ0) is 19.0. The molecule has 0 aromatic carbocycles. The van der Waals surface area contributed by atoms with E-state index in [4.69, 9.17) is 9.47 Å². The first-order chi connectivity index (χ1) is 11.7. The smallest absolute Gasteiger partial charge is 0.334 e. The number of carbonyl (C=O) groups excluding carboxylic acids is 2. The summed E-state index contributed by atoms with van der Waals surface area (Å²) in [5.74, 6) is 0.279. The van der Waals surface area contributed by atoms with Crippen LogP contribution in [0.5, 0.6) is 0 Å². The Labute approximate surface area is 153 Å². The average Bonchev–Trinajstić information content (AvgIpc) is 3.03. The van der Waals surface area contributed by atoms with Gasteiger partial charge in [0, 0.05) is 5.57 Å². The summed E-state index contributed by atoms with van der Waals surface area (Å²) in [6.07, 6.45) is 4.65. The van der Waals surface area contributed by atoms with Gasteiger partial charge in [-0.1, -0.05) is 54.4 Å². The third-order valence-corrected chi connectivity index (χ3v) is 4.26. The van der Waals surface area contributed by atoms with E-state index in [0.717, 1.165) is 25.7 Å². The van der Waals surface area contributed by atoms with Gasteiger partial charge in [0.15, 0.2) is 0 Å². The zero-order valence-electron chi connectivity index (χ0n) is 16.9. The summed E-state index contributed by atoms with van der Waals surface area (Å²) in [5, 5.41) is 0. The SMILES string of the molecule is CC(C)COC(=O)/C(CC(C)C)=C(\C(=O)OCC(C)C)C1CCCC1. The van der Waals surface area contributed by atoms with Crippen LogP contribution in [0.2, 0.25) is 0 Å². The first-order valence-electron chi connectivity index (χ1n) is 9.79. The topological polar surface area (TPSA) is 52.6 Å². The van der Waals surface area contributed by atoms with Crippen molar-refractivity contribution in [3.63, 3.8) is 0 Å². The molecule has 0 spiro atoms. The van der Waals surface area contributed by atoms with E-state index in [2.05, 4.69) is 13.8 Å². The first-order valence-corrected chi connectivity index (χ1v) is 9.79. The van der Waals surface area contributed by atoms with Crippen LogP contribution in [0.1, 0.15) is 73.6 Å². The fraction of sp³-hybridized carbons (Fsp3) is 0.810. The van der Waals surface area contributed by atoms with E-state index >= 15 is 0 Å². The van der Waals surface area contributed by atoms with Crippen molar-refractivity contribution in [2.24, 2.45) is 23.7 Å². The minimum absolute atomic E-state index is 0.125. The second kappa shape index (κ2) is 10.6. The van der Waals surface area contributed by atoms with Gasteiger partial charge in [0.05, 0.1) is 18.8 Å². The molecule has 4 nitrogen and oxygen atoms in total. The summed E-state index contributed by atoms with van der Waals surface area (Å²) in [6, 6.07) is 0. The van der Waals surface area contributed by atoms with Gasteiger partial charge >= 0.3 is 11.9 Å². The predicted octanol–water partition coefficient (Wildman–Crippen LogP) is 4.92. The Bertz CT molecular complexity index is 468. The molecule has 0 heterocycles. The molecule has 1 aliphatic rings. The fourth-order valence-electron chi connectivity index (χ4n) is 3.11. The molecule has 0 aromatic heterocycles. The Hall–Kier alpha value is -1.32. The molecule has 0 aliphatic heterocycles. The molecule has 0 amide bonds. The largest absolute Gasteiger partial charge is 0.462 e. The number of carbonyl (C=O) groups is 2. The molecule has 0 radical (unpaired) electrons. The Morgan fingerprint density at radius 3 is 1.72 bits per heavy atom. The van der Waals surface area contributed by atoms with E-state index in [1.54, 1.807) is 0 Å². The van der Waals surface area contributed by atoms with E-state index in [1.807, 2.05) is 27.7 Å². The highest BCUT2D eigenvalue weighted by Gasteiger charge is 2.32. The average molecular weight is 353 g/mol. The molecule has 144 valence electrons. The van der Waals surface area contributed by atoms with Gasteiger partial charge in [0.2, 0.25) is 0 Å². The summed E-state index contributed by atoms with van der Waals surface area (Å²) in [6.45, 7) is 12.9. The van der Waals surface area contributed by atoms with E-state index in [0.29, 0.717) is 30.8 Å². The lowest BCUT2D eigenvalue weighted by atomic mass is 9.88. The summed E-state index contributed by atoms with van der Waals surface area (Å²) < 4.78 is 11.0. The van der Waals surface area contributed by atoms with Gasteiger partial charge in [-0.2, -0.15) is 0 Å². The number of rotatable bonds is 9. The van der Waals surface area contributed by atoms with Gasteiger partial charge in [0.1, 0.15) is 0 Å². The molecular weight excluding hydrogens is 316 g/mol. The van der Waals surface area contributed by atoms with Crippen LogP contribution in [0, 0.1) is 23.7 Å². The highest BCUT2D eigenvalue weighted by Crippen LogP contribution is 2.35. The van der Waals surface area contributed by atoms with Crippen LogP contribution in [0.15, 0.2) is 11.1 Å². The molecular formula is C21H36O4. The Morgan fingerprint density at radius 1 is 0.800 bits per heavy atom. The molecule has 25 heavy (non-hydrogen) atoms. The molecule has 0 aromatic rings. The highest BCUT2D eigenvalue weighted by molar-refractivity contribution is 6.00. The van der Waals surface area contributed by atoms with Crippen LogP contribution in [0.4, 0.5) is 0 Å². The lowest BCUT2D eigenvalue weighted by Crippen LogP contribution is -2.24. The van der Waals surface area contributed by atoms with Crippen LogP contribution in [-0.4, -0.2) is 25.2 Å².